The Bertz CT molecular complexity index is 1160. The molecule has 0 radical (unpaired) electrons. The van der Waals surface area contributed by atoms with Gasteiger partial charge in [0, 0.05) is 37.2 Å². The minimum atomic E-state index is -5.04. The summed E-state index contributed by atoms with van der Waals surface area (Å²) in [6.45, 7) is 6.39. The van der Waals surface area contributed by atoms with Gasteiger partial charge in [0.05, 0.1) is 23.9 Å². The number of amides is 2. The molecule has 14 heteroatoms. The first kappa shape index (κ1) is 32.1. The maximum Gasteiger partial charge on any atom is 0.416 e. The summed E-state index contributed by atoms with van der Waals surface area (Å²) in [4.78, 5) is 28.9. The second-order valence-corrected chi connectivity index (χ2v) is 10.9. The number of methoxy groups -OCH3 is 1. The number of hydrogen-bond acceptors (Lipinski definition) is 6. The van der Waals surface area contributed by atoms with Crippen LogP contribution in [0.1, 0.15) is 69.3 Å². The lowest BCUT2D eigenvalue weighted by Crippen LogP contribution is -2.58. The van der Waals surface area contributed by atoms with Crippen molar-refractivity contribution in [2.45, 2.75) is 96.0 Å². The third-order valence-electron chi connectivity index (χ3n) is 6.74. The number of halogens is 6. The zero-order valence-corrected chi connectivity index (χ0v) is 23.3. The summed E-state index contributed by atoms with van der Waals surface area (Å²) >= 11 is 0. The average molecular weight is 594 g/mol. The predicted molar refractivity (Wildman–Crippen MR) is 134 cm³/mol. The third kappa shape index (κ3) is 8.29. The summed E-state index contributed by atoms with van der Waals surface area (Å²) in [6, 6.07) is 1.06. The van der Waals surface area contributed by atoms with E-state index in [2.05, 4.69) is 5.16 Å². The van der Waals surface area contributed by atoms with Gasteiger partial charge in [-0.3, -0.25) is 0 Å². The second-order valence-electron chi connectivity index (χ2n) is 10.9. The van der Waals surface area contributed by atoms with E-state index in [9.17, 15) is 35.9 Å². The number of piperidine rings is 1. The van der Waals surface area contributed by atoms with E-state index in [1.54, 1.807) is 31.7 Å². The molecule has 228 valence electrons. The van der Waals surface area contributed by atoms with E-state index >= 15 is 0 Å². The summed E-state index contributed by atoms with van der Waals surface area (Å²) in [6.07, 6.45) is -9.29. The molecule has 0 saturated carbocycles. The molecule has 0 aliphatic carbocycles. The fourth-order valence-corrected chi connectivity index (χ4v) is 5.01. The van der Waals surface area contributed by atoms with Gasteiger partial charge < -0.3 is 23.8 Å². The highest BCUT2D eigenvalue weighted by Crippen LogP contribution is 2.38. The van der Waals surface area contributed by atoms with Gasteiger partial charge in [-0.25, -0.2) is 9.59 Å². The van der Waals surface area contributed by atoms with Gasteiger partial charge in [-0.1, -0.05) is 12.1 Å². The van der Waals surface area contributed by atoms with Gasteiger partial charge in [-0.15, -0.1) is 0 Å². The van der Waals surface area contributed by atoms with Crippen LogP contribution in [0.5, 0.6) is 0 Å². The maximum absolute atomic E-state index is 13.5. The van der Waals surface area contributed by atoms with Crippen LogP contribution in [0.15, 0.2) is 35.1 Å². The van der Waals surface area contributed by atoms with Gasteiger partial charge in [0.1, 0.15) is 11.9 Å². The van der Waals surface area contributed by atoms with Crippen molar-refractivity contribution in [2.24, 2.45) is 0 Å². The van der Waals surface area contributed by atoms with E-state index in [-0.39, 0.29) is 30.9 Å². The highest BCUT2D eigenvalue weighted by molar-refractivity contribution is 5.70. The van der Waals surface area contributed by atoms with E-state index in [4.69, 9.17) is 14.0 Å². The summed E-state index contributed by atoms with van der Waals surface area (Å²) in [5, 5.41) is 3.91. The fraction of sp³-hybridized carbons (Fsp3) is 0.593. The first-order valence-electron chi connectivity index (χ1n) is 13.0. The molecule has 2 heterocycles. The zero-order chi connectivity index (χ0) is 30.8. The monoisotopic (exact) mass is 593 g/mol. The minimum absolute atomic E-state index is 0.0341. The molecule has 2 aromatic rings. The molecule has 1 aliphatic heterocycles. The highest BCUT2D eigenvalue weighted by atomic mass is 19.4. The fourth-order valence-electron chi connectivity index (χ4n) is 5.01. The van der Waals surface area contributed by atoms with Gasteiger partial charge in [0.25, 0.3) is 0 Å². The predicted octanol–water partition coefficient (Wildman–Crippen LogP) is 7.07. The van der Waals surface area contributed by atoms with E-state index in [1.807, 2.05) is 6.92 Å². The molecule has 0 N–H and O–H groups in total. The molecule has 1 aliphatic rings. The number of alkyl halides is 6. The van der Waals surface area contributed by atoms with Crippen LogP contribution in [0.2, 0.25) is 0 Å². The van der Waals surface area contributed by atoms with Crippen molar-refractivity contribution in [2.75, 3.05) is 7.11 Å². The van der Waals surface area contributed by atoms with Crippen LogP contribution < -0.4 is 0 Å². The van der Waals surface area contributed by atoms with Crippen molar-refractivity contribution in [3.05, 3.63) is 52.9 Å². The Hall–Kier alpha value is -3.45. The molecule has 3 rings (SSSR count). The Morgan fingerprint density at radius 1 is 1.02 bits per heavy atom. The van der Waals surface area contributed by atoms with Crippen molar-refractivity contribution in [3.63, 3.8) is 0 Å². The van der Waals surface area contributed by atoms with Crippen molar-refractivity contribution in [3.8, 4) is 0 Å². The number of aromatic nitrogens is 1. The van der Waals surface area contributed by atoms with Crippen LogP contribution >= 0.6 is 0 Å². The molecule has 1 aromatic carbocycles. The normalized spacial score (nSPS) is 20.1. The van der Waals surface area contributed by atoms with Gasteiger partial charge in [-0.2, -0.15) is 26.3 Å². The molecule has 3 atom stereocenters. The summed E-state index contributed by atoms with van der Waals surface area (Å²) < 4.78 is 96.3. The second kappa shape index (κ2) is 12.2. The topological polar surface area (TPSA) is 85.1 Å². The van der Waals surface area contributed by atoms with Crippen LogP contribution in [0.25, 0.3) is 0 Å². The lowest BCUT2D eigenvalue weighted by Gasteiger charge is -2.47. The molecule has 1 fully saturated rings. The first-order chi connectivity index (χ1) is 18.9. The molecule has 8 nitrogen and oxygen atoms in total. The van der Waals surface area contributed by atoms with Gasteiger partial charge in [-0.05, 0) is 63.8 Å². The van der Waals surface area contributed by atoms with E-state index in [0.29, 0.717) is 24.2 Å². The van der Waals surface area contributed by atoms with E-state index < -0.39 is 65.9 Å². The molecule has 1 aromatic heterocycles. The number of carbonyl (C=O) groups is 2. The first-order valence-corrected chi connectivity index (χ1v) is 13.0. The Kier molecular flexibility index (Phi) is 9.54. The number of rotatable bonds is 6. The molecule has 1 saturated heterocycles. The Labute approximate surface area is 233 Å². The number of ether oxygens (including phenoxy) is 2. The minimum Gasteiger partial charge on any atom is -0.453 e. The van der Waals surface area contributed by atoms with Gasteiger partial charge >= 0.3 is 24.5 Å². The molecule has 0 bridgehead atoms. The van der Waals surface area contributed by atoms with E-state index in [0.717, 1.165) is 12.0 Å². The zero-order valence-electron chi connectivity index (χ0n) is 23.3. The SMILES string of the molecule is CCC1CC(N(Cc2cc(C(F)(F)F)cc(C(F)(F)F)c2)C(=O)OC)CC(Cc2ccon2)N1C(=O)OC(C)(C)C. The number of benzene rings is 1. The molecule has 0 spiro atoms. The lowest BCUT2D eigenvalue weighted by molar-refractivity contribution is -0.143. The number of likely N-dealkylation sites (tertiary alicyclic amines) is 1. The molecule has 2 amide bonds. The Morgan fingerprint density at radius 3 is 2.07 bits per heavy atom. The maximum atomic E-state index is 13.5. The van der Waals surface area contributed by atoms with Crippen LogP contribution in [0, 0.1) is 0 Å². The van der Waals surface area contributed by atoms with Gasteiger partial charge in [0.2, 0.25) is 0 Å². The number of nitrogens with zero attached hydrogens (tertiary/aromatic N) is 3. The van der Waals surface area contributed by atoms with Crippen molar-refractivity contribution >= 4 is 12.2 Å². The van der Waals surface area contributed by atoms with Crippen LogP contribution in [0.4, 0.5) is 35.9 Å². The number of carbonyl (C=O) groups excluding carboxylic acids is 2. The van der Waals surface area contributed by atoms with Crippen LogP contribution in [0.3, 0.4) is 0 Å². The lowest BCUT2D eigenvalue weighted by atomic mass is 9.87. The van der Waals surface area contributed by atoms with Crippen LogP contribution in [-0.4, -0.2) is 58.0 Å². The van der Waals surface area contributed by atoms with Crippen molar-refractivity contribution in [1.29, 1.82) is 0 Å². The van der Waals surface area contributed by atoms with Crippen molar-refractivity contribution in [1.82, 2.24) is 15.0 Å². The van der Waals surface area contributed by atoms with Gasteiger partial charge in [0.15, 0.2) is 0 Å². The standard InChI is InChI=1S/C27H33F6N3O5/c1-6-20-13-21(14-22(12-19-7-8-40-34-19)36(20)24(38)41-25(2,3)4)35(23(37)39-5)15-16-9-17(26(28,29)30)11-18(10-16)27(31,32)33/h7-11,20-22H,6,12-15H2,1-5H3. The average Bonchev–Trinajstić information content (AvgIpc) is 3.37. The smallest absolute Gasteiger partial charge is 0.416 e. The molecule has 3 unspecified atom stereocenters. The molecular formula is C27H33F6N3O5. The molecular weight excluding hydrogens is 560 g/mol. The summed E-state index contributed by atoms with van der Waals surface area (Å²) in [5.41, 5.74) is -3.63. The van der Waals surface area contributed by atoms with E-state index in [1.165, 1.54) is 6.26 Å². The largest absolute Gasteiger partial charge is 0.453 e. The Balaban J connectivity index is 2.01. The van der Waals surface area contributed by atoms with Crippen molar-refractivity contribution < 1.29 is 49.9 Å². The van der Waals surface area contributed by atoms with Crippen LogP contribution in [-0.2, 0) is 34.8 Å². The highest BCUT2D eigenvalue weighted by Gasteiger charge is 2.43. The molecule has 41 heavy (non-hydrogen) atoms. The third-order valence-corrected chi connectivity index (χ3v) is 6.74. The summed E-state index contributed by atoms with van der Waals surface area (Å²) in [7, 11) is 1.07. The summed E-state index contributed by atoms with van der Waals surface area (Å²) in [5.74, 6) is 0. The Morgan fingerprint density at radius 2 is 1.61 bits per heavy atom. The number of hydrogen-bond donors (Lipinski definition) is 0. The quantitative estimate of drug-likeness (QED) is 0.333.